The first kappa shape index (κ1) is 47.5. The molecule has 3 aromatic carbocycles. The number of pyridine rings is 1. The summed E-state index contributed by atoms with van der Waals surface area (Å²) in [6, 6.07) is 22.2. The minimum absolute atomic E-state index is 0.0960. The van der Waals surface area contributed by atoms with Crippen molar-refractivity contribution in [3.05, 3.63) is 106 Å². The van der Waals surface area contributed by atoms with Crippen molar-refractivity contribution in [3.8, 4) is 5.88 Å². The van der Waals surface area contributed by atoms with Crippen molar-refractivity contribution < 1.29 is 37.5 Å². The topological polar surface area (TPSA) is 205 Å². The third-order valence-electron chi connectivity index (χ3n) is 16.4. The van der Waals surface area contributed by atoms with Gasteiger partial charge in [0.05, 0.1) is 65.2 Å². The van der Waals surface area contributed by atoms with Crippen LogP contribution in [-0.2, 0) is 19.5 Å². The minimum Gasteiger partial charge on any atom is -0.468 e. The van der Waals surface area contributed by atoms with Crippen LogP contribution < -0.4 is 24.6 Å². The zero-order chi connectivity index (χ0) is 49.2. The second-order valence-electron chi connectivity index (χ2n) is 21.4. The molecular formula is C53H64N8O9S. The Morgan fingerprint density at radius 1 is 0.958 bits per heavy atom. The summed E-state index contributed by atoms with van der Waals surface area (Å²) in [4.78, 5) is 41.0. The number of amides is 1. The first-order valence-electron chi connectivity index (χ1n) is 25.3. The molecule has 5 aromatic rings. The van der Waals surface area contributed by atoms with Gasteiger partial charge in [0.25, 0.3) is 21.6 Å². The highest BCUT2D eigenvalue weighted by Crippen LogP contribution is 2.54. The average molecular weight is 989 g/mol. The zero-order valence-electron chi connectivity index (χ0n) is 40.6. The number of fused-ring (bicyclic) bond motifs is 3. The number of hydrogen-bond donors (Lipinski definition) is 4. The van der Waals surface area contributed by atoms with Crippen molar-refractivity contribution >= 4 is 55.4 Å². The zero-order valence-corrected chi connectivity index (χ0v) is 41.5. The highest BCUT2D eigenvalue weighted by atomic mass is 32.2. The molecule has 3 atom stereocenters. The maximum Gasteiger partial charge on any atom is 0.293 e. The maximum absolute atomic E-state index is 14.6. The first-order chi connectivity index (χ1) is 34.1. The van der Waals surface area contributed by atoms with Crippen LogP contribution in [0.2, 0.25) is 0 Å². The number of carbonyl (C=O) groups excluding carboxylic acids is 1. The number of aliphatic hydroxyl groups is 1. The lowest BCUT2D eigenvalue weighted by atomic mass is 9.59. The van der Waals surface area contributed by atoms with Crippen molar-refractivity contribution in [1.29, 1.82) is 0 Å². The van der Waals surface area contributed by atoms with Gasteiger partial charge in [-0.25, -0.2) is 13.1 Å². The quantitative estimate of drug-likeness (QED) is 0.0688. The van der Waals surface area contributed by atoms with E-state index in [-0.39, 0.29) is 34.7 Å². The lowest BCUT2D eigenvalue weighted by Gasteiger charge is -2.57. The van der Waals surface area contributed by atoms with Crippen molar-refractivity contribution in [2.24, 2.45) is 11.3 Å². The first-order valence-corrected chi connectivity index (χ1v) is 26.8. The number of carbonyl (C=O) groups is 1. The fourth-order valence-electron chi connectivity index (χ4n) is 12.3. The predicted octanol–water partition coefficient (Wildman–Crippen LogP) is 8.19. The van der Waals surface area contributed by atoms with Crippen LogP contribution in [0.25, 0.3) is 11.0 Å². The number of benzene rings is 3. The van der Waals surface area contributed by atoms with E-state index in [2.05, 4.69) is 62.9 Å². The Hall–Kier alpha value is -5.79. The molecule has 18 heteroatoms. The van der Waals surface area contributed by atoms with Gasteiger partial charge in [0.1, 0.15) is 23.1 Å². The minimum atomic E-state index is -4.62. The smallest absolute Gasteiger partial charge is 0.293 e. The molecule has 2 aromatic heterocycles. The van der Waals surface area contributed by atoms with E-state index in [1.54, 1.807) is 12.3 Å². The Kier molecular flexibility index (Phi) is 12.5. The van der Waals surface area contributed by atoms with Gasteiger partial charge in [-0.15, -0.1) is 0 Å². The SMILES string of the molecule is CC(C)c1ccccc1[C@H]1COCCN1C1CC2(CCN(c3ccc(C(=O)NS(=O)(=O)c4ccc(NC[C@H]5CC[C@](C)(O)CC5)c([N+](=O)[O-])c4)c(N4c5cc6cc[nH]c6nc5O[C@@H]5COC[C@H]54)c3)CC2)C1. The second kappa shape index (κ2) is 18.7. The monoisotopic (exact) mass is 988 g/mol. The van der Waals surface area contributed by atoms with E-state index in [4.69, 9.17) is 19.2 Å². The van der Waals surface area contributed by atoms with Crippen molar-refractivity contribution in [3.63, 3.8) is 0 Å². The number of hydrogen-bond acceptors (Lipinski definition) is 14. The van der Waals surface area contributed by atoms with Gasteiger partial charge in [0, 0.05) is 55.6 Å². The van der Waals surface area contributed by atoms with E-state index in [9.17, 15) is 28.4 Å². The lowest BCUT2D eigenvalue weighted by molar-refractivity contribution is -0.384. The molecule has 71 heavy (non-hydrogen) atoms. The number of H-pyrrole nitrogens is 1. The Labute approximate surface area is 414 Å². The Balaban J connectivity index is 0.857. The molecule has 0 radical (unpaired) electrons. The molecule has 0 bridgehead atoms. The molecular weight excluding hydrogens is 925 g/mol. The van der Waals surface area contributed by atoms with Gasteiger partial charge in [-0.3, -0.25) is 19.8 Å². The summed E-state index contributed by atoms with van der Waals surface area (Å²) in [5.41, 5.74) is 4.77. The van der Waals surface area contributed by atoms with E-state index >= 15 is 0 Å². The fraction of sp³-hybridized carbons (Fsp3) is 0.509. The third kappa shape index (κ3) is 9.22. The molecule has 4 N–H and O–H groups in total. The molecule has 11 rings (SSSR count). The van der Waals surface area contributed by atoms with Crippen LogP contribution in [0.3, 0.4) is 0 Å². The van der Waals surface area contributed by atoms with E-state index in [0.29, 0.717) is 74.1 Å². The number of nitro groups is 1. The van der Waals surface area contributed by atoms with Gasteiger partial charge in [-0.2, -0.15) is 4.98 Å². The van der Waals surface area contributed by atoms with Crippen LogP contribution >= 0.6 is 0 Å². The van der Waals surface area contributed by atoms with Crippen LogP contribution in [0.1, 0.15) is 106 Å². The number of aromatic amines is 1. The standard InChI is InChI=1S/C53H64N8O9S/c1-33(2)39-6-4-5-7-40(39)46-30-68-23-22-59(46)37-27-53(28-37)17-20-58(21-18-53)36-8-10-41(43(25-36)60-45-24-35-14-19-54-49(35)56-51(45)70-48-32-69-31-47(48)60)50(62)57-71(66,67)38-9-11-42(44(26-38)61(64)65)55-29-34-12-15-52(3,63)16-13-34/h4-11,14,19,24-26,33-34,37,46-48,55,63H,12-13,15-18,20-23,27-32H2,1-3H3,(H,54,56)(H,57,62)/t34-,46-,47-,48-,52-/m1/s1. The van der Waals surface area contributed by atoms with Crippen LogP contribution in [0.15, 0.2) is 83.9 Å². The normalized spacial score (nSPS) is 25.6. The molecule has 2 aliphatic carbocycles. The summed E-state index contributed by atoms with van der Waals surface area (Å²) in [6.45, 7) is 11.4. The van der Waals surface area contributed by atoms with E-state index in [0.717, 1.165) is 81.9 Å². The molecule has 5 fully saturated rings. The molecule has 376 valence electrons. The summed E-state index contributed by atoms with van der Waals surface area (Å²) in [5, 5.41) is 26.7. The molecule has 17 nitrogen and oxygen atoms in total. The van der Waals surface area contributed by atoms with Gasteiger partial charge < -0.3 is 39.4 Å². The number of anilines is 4. The average Bonchev–Trinajstić information content (AvgIpc) is 4.03. The summed E-state index contributed by atoms with van der Waals surface area (Å²) >= 11 is 0. The van der Waals surface area contributed by atoms with E-state index < -0.39 is 43.1 Å². The van der Waals surface area contributed by atoms with Gasteiger partial charge in [0.15, 0.2) is 0 Å². The van der Waals surface area contributed by atoms with Crippen LogP contribution in [-0.4, -0.2) is 116 Å². The predicted molar refractivity (Wildman–Crippen MR) is 270 cm³/mol. The molecule has 3 saturated heterocycles. The summed E-state index contributed by atoms with van der Waals surface area (Å²) in [7, 11) is -4.62. The van der Waals surface area contributed by atoms with Gasteiger partial charge in [-0.1, -0.05) is 38.1 Å². The van der Waals surface area contributed by atoms with E-state index in [1.807, 2.05) is 36.1 Å². The number of ether oxygens (including phenoxy) is 3. The molecule has 0 unspecified atom stereocenters. The third-order valence-corrected chi connectivity index (χ3v) is 17.8. The number of sulfonamides is 1. The van der Waals surface area contributed by atoms with Crippen LogP contribution in [0.5, 0.6) is 5.88 Å². The highest BCUT2D eigenvalue weighted by molar-refractivity contribution is 7.90. The maximum atomic E-state index is 14.6. The van der Waals surface area contributed by atoms with Crippen molar-refractivity contribution in [1.82, 2.24) is 19.6 Å². The number of nitro benzene ring substituents is 1. The Bertz CT molecular complexity index is 2940. The molecule has 4 aliphatic heterocycles. The largest absolute Gasteiger partial charge is 0.468 e. The number of nitrogens with one attached hydrogen (secondary N) is 3. The summed E-state index contributed by atoms with van der Waals surface area (Å²) in [6.07, 6.45) is 8.50. The van der Waals surface area contributed by atoms with Crippen molar-refractivity contribution in [2.75, 3.05) is 67.7 Å². The highest BCUT2D eigenvalue weighted by Gasteiger charge is 2.50. The van der Waals surface area contributed by atoms with Gasteiger partial charge in [-0.05, 0) is 129 Å². The molecule has 6 aliphatic rings. The number of morpholine rings is 1. The molecule has 1 spiro atoms. The Morgan fingerprint density at radius 2 is 1.75 bits per heavy atom. The Morgan fingerprint density at radius 3 is 2.52 bits per heavy atom. The van der Waals surface area contributed by atoms with Crippen LogP contribution in [0, 0.1) is 21.4 Å². The molecule has 2 saturated carbocycles. The van der Waals surface area contributed by atoms with Gasteiger partial charge >= 0.3 is 0 Å². The number of aromatic nitrogens is 2. The summed E-state index contributed by atoms with van der Waals surface area (Å²) in [5.74, 6) is 0.0985. The van der Waals surface area contributed by atoms with Gasteiger partial charge in [0.2, 0.25) is 5.88 Å². The lowest BCUT2D eigenvalue weighted by Crippen LogP contribution is -2.58. The summed E-state index contributed by atoms with van der Waals surface area (Å²) < 4.78 is 49.0. The number of rotatable bonds is 12. The number of piperidine rings is 1. The van der Waals surface area contributed by atoms with Crippen LogP contribution in [0.4, 0.5) is 28.4 Å². The second-order valence-corrected chi connectivity index (χ2v) is 23.1. The molecule has 1 amide bonds. The number of nitrogens with zero attached hydrogens (tertiary/aromatic N) is 5. The fourth-order valence-corrected chi connectivity index (χ4v) is 13.3. The van der Waals surface area contributed by atoms with E-state index in [1.165, 1.54) is 23.3 Å². The van der Waals surface area contributed by atoms with Crippen molar-refractivity contribution in [2.45, 2.75) is 113 Å². The molecule has 6 heterocycles.